The molecule has 0 aliphatic carbocycles. The molecule has 0 saturated carbocycles. The van der Waals surface area contributed by atoms with Gasteiger partial charge in [0, 0.05) is 12.1 Å². The second-order valence-corrected chi connectivity index (χ2v) is 7.03. The third-order valence-corrected chi connectivity index (χ3v) is 5.18. The Balaban J connectivity index is 1.57. The Bertz CT molecular complexity index is 1350. The standard InChI is InChI=1S/C21H15FN4O4/c1-11-18(12-10-17(27)25(19(12)28)15-8-4-2-6-13(15)22)20(29)26(24-11)21-23-14-7-3-5-9-16(14)30-21/h2-9,12,24H,10H2,1H3/t12-/m1/s1. The van der Waals surface area contributed by atoms with Crippen molar-refractivity contribution in [2.75, 3.05) is 4.90 Å². The Morgan fingerprint density at radius 3 is 2.60 bits per heavy atom. The summed E-state index contributed by atoms with van der Waals surface area (Å²) in [7, 11) is 0. The Kier molecular flexibility index (Phi) is 3.92. The highest BCUT2D eigenvalue weighted by atomic mass is 19.1. The monoisotopic (exact) mass is 406 g/mol. The number of carbonyl (C=O) groups excluding carboxylic acids is 2. The molecule has 2 aromatic heterocycles. The Hall–Kier alpha value is -4.01. The van der Waals surface area contributed by atoms with Crippen LogP contribution in [0.25, 0.3) is 17.1 Å². The first kappa shape index (κ1) is 18.0. The van der Waals surface area contributed by atoms with Crippen LogP contribution in [0, 0.1) is 12.7 Å². The Labute approximate surface area is 168 Å². The van der Waals surface area contributed by atoms with Gasteiger partial charge >= 0.3 is 6.01 Å². The number of rotatable bonds is 3. The molecule has 1 N–H and O–H groups in total. The second kappa shape index (κ2) is 6.51. The maximum atomic E-state index is 14.2. The lowest BCUT2D eigenvalue weighted by atomic mass is 9.98. The Morgan fingerprint density at radius 1 is 1.10 bits per heavy atom. The number of carbonyl (C=O) groups is 2. The zero-order valence-corrected chi connectivity index (χ0v) is 15.8. The molecule has 8 nitrogen and oxygen atoms in total. The van der Waals surface area contributed by atoms with E-state index in [0.29, 0.717) is 16.8 Å². The van der Waals surface area contributed by atoms with E-state index in [9.17, 15) is 18.8 Å². The van der Waals surface area contributed by atoms with Crippen LogP contribution in [0.15, 0.2) is 57.7 Å². The summed E-state index contributed by atoms with van der Waals surface area (Å²) in [5, 5.41) is 2.86. The van der Waals surface area contributed by atoms with E-state index in [1.807, 2.05) is 0 Å². The average Bonchev–Trinajstić information content (AvgIpc) is 3.36. The fourth-order valence-corrected chi connectivity index (χ4v) is 3.80. The highest BCUT2D eigenvalue weighted by Crippen LogP contribution is 2.34. The molecule has 0 spiro atoms. The summed E-state index contributed by atoms with van der Waals surface area (Å²) in [6.45, 7) is 1.62. The highest BCUT2D eigenvalue weighted by molar-refractivity contribution is 6.22. The molecule has 0 unspecified atom stereocenters. The van der Waals surface area contributed by atoms with E-state index in [1.54, 1.807) is 31.2 Å². The molecule has 30 heavy (non-hydrogen) atoms. The quantitative estimate of drug-likeness (QED) is 0.527. The number of hydrogen-bond acceptors (Lipinski definition) is 5. The number of anilines is 1. The molecular weight excluding hydrogens is 391 g/mol. The molecule has 2 aromatic carbocycles. The SMILES string of the molecule is Cc1[nH]n(-c2nc3ccccc3o2)c(=O)c1[C@H]1CC(=O)N(c2ccccc2F)C1=O. The summed E-state index contributed by atoms with van der Waals surface area (Å²) >= 11 is 0. The number of benzene rings is 2. The molecule has 150 valence electrons. The summed E-state index contributed by atoms with van der Waals surface area (Å²) in [6, 6.07) is 12.6. The second-order valence-electron chi connectivity index (χ2n) is 7.03. The molecule has 0 radical (unpaired) electrons. The number of aromatic nitrogens is 3. The molecule has 2 amide bonds. The minimum atomic E-state index is -1.02. The van der Waals surface area contributed by atoms with E-state index in [4.69, 9.17) is 4.42 Å². The van der Waals surface area contributed by atoms with Crippen molar-refractivity contribution >= 4 is 28.6 Å². The zero-order chi connectivity index (χ0) is 21.0. The first-order chi connectivity index (χ1) is 14.5. The molecule has 5 rings (SSSR count). The number of nitrogens with one attached hydrogen (secondary N) is 1. The number of fused-ring (bicyclic) bond motifs is 1. The largest absolute Gasteiger partial charge is 0.422 e. The smallest absolute Gasteiger partial charge is 0.325 e. The molecular formula is C21H15FN4O4. The number of H-pyrrole nitrogens is 1. The van der Waals surface area contributed by atoms with Crippen molar-refractivity contribution in [1.29, 1.82) is 0 Å². The molecule has 1 saturated heterocycles. The molecule has 9 heteroatoms. The van der Waals surface area contributed by atoms with E-state index in [2.05, 4.69) is 10.1 Å². The summed E-state index contributed by atoms with van der Waals surface area (Å²) < 4.78 is 20.9. The van der Waals surface area contributed by atoms with Crippen molar-refractivity contribution < 1.29 is 18.4 Å². The van der Waals surface area contributed by atoms with Crippen LogP contribution in [0.1, 0.15) is 23.6 Å². The summed E-state index contributed by atoms with van der Waals surface area (Å²) in [4.78, 5) is 43.7. The van der Waals surface area contributed by atoms with E-state index < -0.39 is 29.1 Å². The van der Waals surface area contributed by atoms with Gasteiger partial charge in [0.25, 0.3) is 5.56 Å². The van der Waals surface area contributed by atoms with Crippen LogP contribution in [0.3, 0.4) is 0 Å². The summed E-state index contributed by atoms with van der Waals surface area (Å²) in [6.07, 6.45) is -0.228. The van der Waals surface area contributed by atoms with Gasteiger partial charge in [-0.15, -0.1) is 0 Å². The molecule has 1 aliphatic rings. The molecule has 1 fully saturated rings. The molecule has 1 aliphatic heterocycles. The number of aryl methyl sites for hydroxylation is 1. The number of nitrogens with zero attached hydrogens (tertiary/aromatic N) is 3. The van der Waals surface area contributed by atoms with E-state index in [-0.39, 0.29) is 23.7 Å². The summed E-state index contributed by atoms with van der Waals surface area (Å²) in [5.74, 6) is -2.92. The van der Waals surface area contributed by atoms with Gasteiger partial charge in [-0.2, -0.15) is 9.67 Å². The lowest BCUT2D eigenvalue weighted by Gasteiger charge is -2.15. The van der Waals surface area contributed by atoms with E-state index >= 15 is 0 Å². The van der Waals surface area contributed by atoms with Crippen molar-refractivity contribution in [3.63, 3.8) is 0 Å². The molecule has 0 bridgehead atoms. The van der Waals surface area contributed by atoms with Gasteiger partial charge in [-0.1, -0.05) is 24.3 Å². The number of amides is 2. The number of oxazole rings is 1. The van der Waals surface area contributed by atoms with Gasteiger partial charge in [0.15, 0.2) is 5.58 Å². The lowest BCUT2D eigenvalue weighted by molar-refractivity contribution is -0.121. The Morgan fingerprint density at radius 2 is 1.83 bits per heavy atom. The highest BCUT2D eigenvalue weighted by Gasteiger charge is 2.44. The van der Waals surface area contributed by atoms with Crippen molar-refractivity contribution in [3.8, 4) is 6.01 Å². The lowest BCUT2D eigenvalue weighted by Crippen LogP contribution is -2.32. The number of aromatic amines is 1. The predicted molar refractivity (Wildman–Crippen MR) is 105 cm³/mol. The minimum absolute atomic E-state index is 0.0262. The van der Waals surface area contributed by atoms with Crippen LogP contribution < -0.4 is 10.5 Å². The van der Waals surface area contributed by atoms with Gasteiger partial charge < -0.3 is 4.42 Å². The maximum absolute atomic E-state index is 14.2. The van der Waals surface area contributed by atoms with Crippen molar-refractivity contribution in [3.05, 3.63) is 76.0 Å². The van der Waals surface area contributed by atoms with Crippen LogP contribution >= 0.6 is 0 Å². The van der Waals surface area contributed by atoms with Crippen molar-refractivity contribution in [2.24, 2.45) is 0 Å². The maximum Gasteiger partial charge on any atom is 0.325 e. The predicted octanol–water partition coefficient (Wildman–Crippen LogP) is 2.80. The first-order valence-corrected chi connectivity index (χ1v) is 9.24. The van der Waals surface area contributed by atoms with Crippen LogP contribution in [-0.2, 0) is 9.59 Å². The van der Waals surface area contributed by atoms with Gasteiger partial charge in [-0.05, 0) is 31.2 Å². The molecule has 1 atom stereocenters. The van der Waals surface area contributed by atoms with Crippen molar-refractivity contribution in [1.82, 2.24) is 14.8 Å². The van der Waals surface area contributed by atoms with Crippen LogP contribution in [0.2, 0.25) is 0 Å². The first-order valence-electron chi connectivity index (χ1n) is 9.24. The molecule has 4 aromatic rings. The van der Waals surface area contributed by atoms with E-state index in [0.717, 1.165) is 9.58 Å². The number of para-hydroxylation sites is 3. The third-order valence-electron chi connectivity index (χ3n) is 5.18. The van der Waals surface area contributed by atoms with Gasteiger partial charge in [-0.25, -0.2) is 9.29 Å². The van der Waals surface area contributed by atoms with Crippen LogP contribution in [0.4, 0.5) is 10.1 Å². The topological polar surface area (TPSA) is 101 Å². The van der Waals surface area contributed by atoms with Crippen LogP contribution in [0.5, 0.6) is 0 Å². The van der Waals surface area contributed by atoms with Gasteiger partial charge in [0.2, 0.25) is 11.8 Å². The average molecular weight is 406 g/mol. The zero-order valence-electron chi connectivity index (χ0n) is 15.8. The third kappa shape index (κ3) is 2.59. The number of imide groups is 1. The number of hydrogen-bond donors (Lipinski definition) is 1. The summed E-state index contributed by atoms with van der Waals surface area (Å²) in [5.41, 5.74) is 0.957. The fraction of sp³-hybridized carbons (Fsp3) is 0.143. The van der Waals surface area contributed by atoms with Gasteiger partial charge in [0.05, 0.1) is 17.2 Å². The minimum Gasteiger partial charge on any atom is -0.422 e. The van der Waals surface area contributed by atoms with Gasteiger partial charge in [0.1, 0.15) is 11.3 Å². The fourth-order valence-electron chi connectivity index (χ4n) is 3.80. The van der Waals surface area contributed by atoms with Crippen LogP contribution in [-0.4, -0.2) is 26.6 Å². The van der Waals surface area contributed by atoms with Gasteiger partial charge in [-0.3, -0.25) is 19.5 Å². The molecule has 3 heterocycles. The number of halogens is 1. The van der Waals surface area contributed by atoms with E-state index in [1.165, 1.54) is 24.3 Å². The van der Waals surface area contributed by atoms with Crippen molar-refractivity contribution in [2.45, 2.75) is 19.3 Å². The normalized spacial score (nSPS) is 16.7.